The van der Waals surface area contributed by atoms with E-state index in [1.807, 2.05) is 0 Å². The normalized spacial score (nSPS) is 17.5. The van der Waals surface area contributed by atoms with Crippen molar-refractivity contribution >= 4 is 11.9 Å². The molecule has 1 saturated carbocycles. The van der Waals surface area contributed by atoms with Crippen LogP contribution in [0.4, 0.5) is 13.2 Å². The molecular formula is C18H22F3NO3. The molecule has 7 heteroatoms. The zero-order chi connectivity index (χ0) is 18.8. The van der Waals surface area contributed by atoms with Crippen LogP contribution < -0.4 is 0 Å². The summed E-state index contributed by atoms with van der Waals surface area (Å²) in [4.78, 5) is 25.5. The first-order valence-electron chi connectivity index (χ1n) is 8.31. The summed E-state index contributed by atoms with van der Waals surface area (Å²) in [5, 5.41) is 9.37. The van der Waals surface area contributed by atoms with E-state index in [0.717, 1.165) is 18.6 Å². The summed E-state index contributed by atoms with van der Waals surface area (Å²) in [5.41, 5.74) is -1.40. The van der Waals surface area contributed by atoms with Gasteiger partial charge in [-0.2, -0.15) is 13.2 Å². The van der Waals surface area contributed by atoms with E-state index >= 15 is 0 Å². The molecule has 0 aliphatic heterocycles. The molecule has 1 atom stereocenters. The van der Waals surface area contributed by atoms with Crippen molar-refractivity contribution < 1.29 is 27.9 Å². The van der Waals surface area contributed by atoms with E-state index in [1.54, 1.807) is 19.9 Å². The van der Waals surface area contributed by atoms with Crippen molar-refractivity contribution in [2.75, 3.05) is 6.54 Å². The molecule has 0 spiro atoms. The van der Waals surface area contributed by atoms with E-state index in [9.17, 15) is 27.9 Å². The number of aliphatic carboxylic acids is 1. The van der Waals surface area contributed by atoms with Gasteiger partial charge in [0.25, 0.3) is 0 Å². The Morgan fingerprint density at radius 1 is 1.32 bits per heavy atom. The number of rotatable bonds is 6. The molecule has 1 N–H and O–H groups in total. The summed E-state index contributed by atoms with van der Waals surface area (Å²) in [7, 11) is 0. The quantitative estimate of drug-likeness (QED) is 0.828. The summed E-state index contributed by atoms with van der Waals surface area (Å²) in [6.07, 6.45) is -2.86. The van der Waals surface area contributed by atoms with Crippen molar-refractivity contribution in [3.8, 4) is 0 Å². The number of hydrogen-bond acceptors (Lipinski definition) is 2. The summed E-state index contributed by atoms with van der Waals surface area (Å²) in [6, 6.07) is 4.33. The van der Waals surface area contributed by atoms with Crippen LogP contribution in [0.3, 0.4) is 0 Å². The number of halogens is 3. The van der Waals surface area contributed by atoms with Crippen LogP contribution in [0.2, 0.25) is 0 Å². The molecule has 0 aromatic heterocycles. The van der Waals surface area contributed by atoms with Crippen LogP contribution in [-0.4, -0.2) is 28.4 Å². The van der Waals surface area contributed by atoms with E-state index in [2.05, 4.69) is 0 Å². The van der Waals surface area contributed by atoms with Gasteiger partial charge < -0.3 is 10.0 Å². The second-order valence-corrected chi connectivity index (χ2v) is 6.59. The van der Waals surface area contributed by atoms with E-state index in [1.165, 1.54) is 11.0 Å². The first-order valence-corrected chi connectivity index (χ1v) is 8.31. The van der Waals surface area contributed by atoms with Crippen LogP contribution in [0, 0.1) is 5.41 Å². The number of carboxylic acids is 1. The van der Waals surface area contributed by atoms with Gasteiger partial charge in [0, 0.05) is 13.0 Å². The first-order chi connectivity index (χ1) is 11.6. The minimum atomic E-state index is -4.45. The van der Waals surface area contributed by atoms with Crippen molar-refractivity contribution in [1.29, 1.82) is 0 Å². The fraction of sp³-hybridized carbons (Fsp3) is 0.556. The van der Waals surface area contributed by atoms with Crippen LogP contribution in [-0.2, 0) is 15.8 Å². The van der Waals surface area contributed by atoms with Crippen LogP contribution >= 0.6 is 0 Å². The lowest BCUT2D eigenvalue weighted by atomic mass is 9.66. The Bertz CT molecular complexity index is 653. The Kier molecular flexibility index (Phi) is 5.44. The van der Waals surface area contributed by atoms with Crippen molar-refractivity contribution in [2.45, 2.75) is 51.7 Å². The fourth-order valence-corrected chi connectivity index (χ4v) is 3.28. The van der Waals surface area contributed by atoms with Crippen molar-refractivity contribution in [2.24, 2.45) is 5.41 Å². The summed E-state index contributed by atoms with van der Waals surface area (Å²) in [5.74, 6) is -1.32. The van der Waals surface area contributed by atoms with Gasteiger partial charge in [0.1, 0.15) is 0 Å². The molecule has 25 heavy (non-hydrogen) atoms. The largest absolute Gasteiger partial charge is 0.481 e. The summed E-state index contributed by atoms with van der Waals surface area (Å²) < 4.78 is 38.7. The Balaban J connectivity index is 2.19. The molecule has 0 bridgehead atoms. The number of carbonyl (C=O) groups excluding carboxylic acids is 1. The first kappa shape index (κ1) is 19.3. The van der Waals surface area contributed by atoms with Gasteiger partial charge in [-0.05, 0) is 44.4 Å². The zero-order valence-electron chi connectivity index (χ0n) is 14.3. The van der Waals surface area contributed by atoms with Crippen molar-refractivity contribution in [1.82, 2.24) is 4.90 Å². The van der Waals surface area contributed by atoms with Gasteiger partial charge in [-0.15, -0.1) is 0 Å². The second kappa shape index (κ2) is 7.06. The maximum Gasteiger partial charge on any atom is 0.416 e. The average molecular weight is 357 g/mol. The van der Waals surface area contributed by atoms with Crippen molar-refractivity contribution in [3.05, 3.63) is 35.4 Å². The lowest BCUT2D eigenvalue weighted by molar-refractivity contribution is -0.160. The standard InChI is InChI=1S/C18H22F3NO3/c1-3-22(15(23)11-17(16(24)25)8-5-9-17)12(2)13-6-4-7-14(10-13)18(19,20)21/h4,6-7,10,12H,3,5,8-9,11H2,1-2H3,(H,24,25). The Labute approximate surface area is 144 Å². The number of amides is 1. The molecule has 1 aromatic rings. The van der Waals surface area contributed by atoms with Gasteiger partial charge in [0.15, 0.2) is 0 Å². The molecule has 1 unspecified atom stereocenters. The lowest BCUT2D eigenvalue weighted by Crippen LogP contribution is -2.44. The van der Waals surface area contributed by atoms with Gasteiger partial charge >= 0.3 is 12.1 Å². The van der Waals surface area contributed by atoms with Crippen molar-refractivity contribution in [3.63, 3.8) is 0 Å². The lowest BCUT2D eigenvalue weighted by Gasteiger charge is -2.39. The van der Waals surface area contributed by atoms with Crippen LogP contribution in [0.15, 0.2) is 24.3 Å². The third kappa shape index (κ3) is 3.96. The monoisotopic (exact) mass is 357 g/mol. The molecule has 4 nitrogen and oxygen atoms in total. The predicted octanol–water partition coefficient (Wildman–Crippen LogP) is 4.26. The Hall–Kier alpha value is -2.05. The smallest absolute Gasteiger partial charge is 0.416 e. The molecule has 1 fully saturated rings. The third-order valence-electron chi connectivity index (χ3n) is 5.08. The molecule has 1 aliphatic rings. The number of alkyl halides is 3. The number of carboxylic acid groups (broad SMARTS) is 1. The Morgan fingerprint density at radius 2 is 1.96 bits per heavy atom. The highest BCUT2D eigenvalue weighted by atomic mass is 19.4. The molecule has 2 rings (SSSR count). The SMILES string of the molecule is CCN(C(=O)CC1(C(=O)O)CCC1)C(C)c1cccc(C(F)(F)F)c1. The number of hydrogen-bond donors (Lipinski definition) is 1. The molecule has 0 saturated heterocycles. The van der Waals surface area contributed by atoms with E-state index in [0.29, 0.717) is 24.9 Å². The summed E-state index contributed by atoms with van der Waals surface area (Å²) in [6.45, 7) is 3.69. The highest BCUT2D eigenvalue weighted by Crippen LogP contribution is 2.45. The van der Waals surface area contributed by atoms with E-state index < -0.39 is 29.2 Å². The molecule has 1 aliphatic carbocycles. The van der Waals surface area contributed by atoms with E-state index in [4.69, 9.17) is 0 Å². The number of benzene rings is 1. The molecule has 0 radical (unpaired) electrons. The minimum absolute atomic E-state index is 0.112. The van der Waals surface area contributed by atoms with Crippen LogP contribution in [0.5, 0.6) is 0 Å². The van der Waals surface area contributed by atoms with Gasteiger partial charge in [0.2, 0.25) is 5.91 Å². The van der Waals surface area contributed by atoms with Gasteiger partial charge in [0.05, 0.1) is 17.0 Å². The Morgan fingerprint density at radius 3 is 2.40 bits per heavy atom. The second-order valence-electron chi connectivity index (χ2n) is 6.59. The molecule has 1 amide bonds. The van der Waals surface area contributed by atoms with Gasteiger partial charge in [-0.25, -0.2) is 0 Å². The number of carbonyl (C=O) groups is 2. The molecule has 0 heterocycles. The predicted molar refractivity (Wildman–Crippen MR) is 85.8 cm³/mol. The fourth-order valence-electron chi connectivity index (χ4n) is 3.28. The number of nitrogens with zero attached hydrogens (tertiary/aromatic N) is 1. The summed E-state index contributed by atoms with van der Waals surface area (Å²) >= 11 is 0. The highest BCUT2D eigenvalue weighted by molar-refractivity contribution is 5.86. The highest BCUT2D eigenvalue weighted by Gasteiger charge is 2.46. The van der Waals surface area contributed by atoms with Gasteiger partial charge in [-0.3, -0.25) is 9.59 Å². The zero-order valence-corrected chi connectivity index (χ0v) is 14.3. The maximum atomic E-state index is 12.9. The van der Waals surface area contributed by atoms with E-state index in [-0.39, 0.29) is 12.3 Å². The average Bonchev–Trinajstić information content (AvgIpc) is 2.50. The van der Waals surface area contributed by atoms with Gasteiger partial charge in [-0.1, -0.05) is 18.6 Å². The molecular weight excluding hydrogens is 335 g/mol. The minimum Gasteiger partial charge on any atom is -0.481 e. The van der Waals surface area contributed by atoms with Crippen LogP contribution in [0.25, 0.3) is 0 Å². The third-order valence-corrected chi connectivity index (χ3v) is 5.08. The molecule has 138 valence electrons. The molecule has 1 aromatic carbocycles. The topological polar surface area (TPSA) is 57.6 Å². The van der Waals surface area contributed by atoms with Crippen LogP contribution in [0.1, 0.15) is 56.7 Å². The maximum absolute atomic E-state index is 12.9.